The van der Waals surface area contributed by atoms with Crippen LogP contribution < -0.4 is 9.47 Å². The topological polar surface area (TPSA) is 44.2 Å². The van der Waals surface area contributed by atoms with Gasteiger partial charge in [0.25, 0.3) is 0 Å². The number of nitrogens with zero attached hydrogens (tertiary/aromatic N) is 2. The lowest BCUT2D eigenvalue weighted by molar-refractivity contribution is -0.137. The molecule has 0 bridgehead atoms. The predicted octanol–water partition coefficient (Wildman–Crippen LogP) is 5.97. The number of methoxy groups -OCH3 is 2. The lowest BCUT2D eigenvalue weighted by Gasteiger charge is -2.18. The van der Waals surface area contributed by atoms with Gasteiger partial charge in [-0.3, -0.25) is 0 Å². The molecule has 0 fully saturated rings. The van der Waals surface area contributed by atoms with Crippen LogP contribution in [-0.4, -0.2) is 24.2 Å². The highest BCUT2D eigenvalue weighted by Crippen LogP contribution is 2.39. The van der Waals surface area contributed by atoms with Crippen LogP contribution in [0.1, 0.15) is 30.8 Å². The molecule has 3 aromatic rings. The Morgan fingerprint density at radius 1 is 0.800 bits per heavy atom. The number of benzene rings is 2. The molecule has 1 aromatic heterocycles. The monoisotopic (exact) mass is 416 g/mol. The summed E-state index contributed by atoms with van der Waals surface area (Å²) in [5.41, 5.74) is 2.00. The van der Waals surface area contributed by atoms with Crippen LogP contribution in [0.25, 0.3) is 22.5 Å². The minimum absolute atomic E-state index is 0.0392. The van der Waals surface area contributed by atoms with Crippen molar-refractivity contribution in [2.24, 2.45) is 0 Å². The fourth-order valence-electron chi connectivity index (χ4n) is 3.36. The van der Waals surface area contributed by atoms with E-state index in [4.69, 9.17) is 14.5 Å². The standard InChI is InChI=1S/C23H23F3N2O2/c1-5-18-21(15-9-7-8-10-17(15)23(24,25)26)27-19(6-2)22(28-18)16-12-11-14(29-3)13-20(16)30-4/h7-13H,5-6H2,1-4H3. The maximum atomic E-state index is 13.6. The number of aromatic nitrogens is 2. The Balaban J connectivity index is 2.26. The third-order valence-corrected chi connectivity index (χ3v) is 4.86. The Morgan fingerprint density at radius 2 is 1.40 bits per heavy atom. The average Bonchev–Trinajstić information content (AvgIpc) is 2.77. The summed E-state index contributed by atoms with van der Waals surface area (Å²) in [4.78, 5) is 9.40. The number of rotatable bonds is 6. The second kappa shape index (κ2) is 8.73. The molecule has 1 heterocycles. The zero-order chi connectivity index (χ0) is 21.9. The minimum Gasteiger partial charge on any atom is -0.497 e. The number of hydrogen-bond donors (Lipinski definition) is 0. The van der Waals surface area contributed by atoms with Crippen molar-refractivity contribution in [3.05, 3.63) is 59.4 Å². The molecule has 0 radical (unpaired) electrons. The van der Waals surface area contributed by atoms with E-state index < -0.39 is 11.7 Å². The van der Waals surface area contributed by atoms with Gasteiger partial charge in [0, 0.05) is 17.2 Å². The van der Waals surface area contributed by atoms with Crippen LogP contribution in [0.4, 0.5) is 13.2 Å². The Morgan fingerprint density at radius 3 is 1.93 bits per heavy atom. The molecule has 0 atom stereocenters. The van der Waals surface area contributed by atoms with Crippen LogP contribution in [0.3, 0.4) is 0 Å². The van der Waals surface area contributed by atoms with Gasteiger partial charge in [-0.1, -0.05) is 32.0 Å². The number of halogens is 3. The average molecular weight is 416 g/mol. The summed E-state index contributed by atoms with van der Waals surface area (Å²) in [6, 6.07) is 10.8. The largest absolute Gasteiger partial charge is 0.497 e. The van der Waals surface area contributed by atoms with E-state index in [0.29, 0.717) is 47.0 Å². The predicted molar refractivity (Wildman–Crippen MR) is 110 cm³/mol. The van der Waals surface area contributed by atoms with E-state index in [9.17, 15) is 13.2 Å². The molecule has 0 aliphatic heterocycles. The molecule has 0 amide bonds. The molecule has 0 spiro atoms. The van der Waals surface area contributed by atoms with Gasteiger partial charge >= 0.3 is 6.18 Å². The highest BCUT2D eigenvalue weighted by Gasteiger charge is 2.34. The first-order valence-corrected chi connectivity index (χ1v) is 9.62. The van der Waals surface area contributed by atoms with E-state index in [-0.39, 0.29) is 11.3 Å². The molecule has 4 nitrogen and oxygen atoms in total. The van der Waals surface area contributed by atoms with E-state index >= 15 is 0 Å². The minimum atomic E-state index is -4.48. The first-order chi connectivity index (χ1) is 14.3. The number of ether oxygens (including phenoxy) is 2. The summed E-state index contributed by atoms with van der Waals surface area (Å²) in [7, 11) is 3.11. The van der Waals surface area contributed by atoms with Crippen LogP contribution in [0.15, 0.2) is 42.5 Å². The maximum Gasteiger partial charge on any atom is 0.417 e. The van der Waals surface area contributed by atoms with E-state index in [1.807, 2.05) is 19.9 Å². The van der Waals surface area contributed by atoms with Crippen molar-refractivity contribution in [2.45, 2.75) is 32.9 Å². The van der Waals surface area contributed by atoms with Crippen LogP contribution in [-0.2, 0) is 19.0 Å². The second-order valence-corrected chi connectivity index (χ2v) is 6.63. The summed E-state index contributed by atoms with van der Waals surface area (Å²) in [6.45, 7) is 3.75. The molecule has 158 valence electrons. The number of alkyl halides is 3. The molecule has 0 saturated carbocycles. The van der Waals surface area contributed by atoms with E-state index in [1.165, 1.54) is 12.1 Å². The van der Waals surface area contributed by atoms with Crippen LogP contribution in [0.5, 0.6) is 11.5 Å². The van der Waals surface area contributed by atoms with Gasteiger partial charge in [0.1, 0.15) is 11.5 Å². The van der Waals surface area contributed by atoms with Gasteiger partial charge < -0.3 is 9.47 Å². The van der Waals surface area contributed by atoms with E-state index in [1.54, 1.807) is 32.4 Å². The Hall–Kier alpha value is -3.09. The molecule has 30 heavy (non-hydrogen) atoms. The SMILES string of the molecule is CCc1nc(-c2ccccc2C(F)(F)F)c(CC)nc1-c1ccc(OC)cc1OC. The number of hydrogen-bond acceptors (Lipinski definition) is 4. The zero-order valence-electron chi connectivity index (χ0n) is 17.3. The normalized spacial score (nSPS) is 11.4. The van der Waals surface area contributed by atoms with E-state index in [0.717, 1.165) is 6.07 Å². The van der Waals surface area contributed by atoms with Crippen LogP contribution >= 0.6 is 0 Å². The van der Waals surface area contributed by atoms with Gasteiger partial charge in [-0.05, 0) is 31.0 Å². The first-order valence-electron chi connectivity index (χ1n) is 9.62. The van der Waals surface area contributed by atoms with Crippen LogP contribution in [0, 0.1) is 0 Å². The Labute approximate surface area is 173 Å². The summed E-state index contributed by atoms with van der Waals surface area (Å²) < 4.78 is 51.5. The second-order valence-electron chi connectivity index (χ2n) is 6.63. The van der Waals surface area contributed by atoms with Gasteiger partial charge in [0.05, 0.1) is 42.6 Å². The van der Waals surface area contributed by atoms with Crippen molar-refractivity contribution >= 4 is 0 Å². The molecule has 0 aliphatic rings. The van der Waals surface area contributed by atoms with Crippen molar-refractivity contribution < 1.29 is 22.6 Å². The fraction of sp³-hybridized carbons (Fsp3) is 0.304. The Bertz CT molecular complexity index is 1050. The van der Waals surface area contributed by atoms with Crippen molar-refractivity contribution in [1.29, 1.82) is 0 Å². The molecule has 0 N–H and O–H groups in total. The molecule has 0 unspecified atom stereocenters. The summed E-state index contributed by atoms with van der Waals surface area (Å²) >= 11 is 0. The quantitative estimate of drug-likeness (QED) is 0.496. The van der Waals surface area contributed by atoms with Crippen LogP contribution in [0.2, 0.25) is 0 Å². The summed E-state index contributed by atoms with van der Waals surface area (Å²) in [6.07, 6.45) is -3.54. The molecule has 0 saturated heterocycles. The number of aryl methyl sites for hydroxylation is 2. The lowest BCUT2D eigenvalue weighted by atomic mass is 9.99. The van der Waals surface area contributed by atoms with Gasteiger partial charge in [0.2, 0.25) is 0 Å². The third kappa shape index (κ3) is 4.10. The Kier molecular flexibility index (Phi) is 6.29. The van der Waals surface area contributed by atoms with Gasteiger partial charge in [-0.25, -0.2) is 9.97 Å². The molecular formula is C23H23F3N2O2. The maximum absolute atomic E-state index is 13.6. The lowest BCUT2D eigenvalue weighted by Crippen LogP contribution is -2.10. The molecule has 2 aromatic carbocycles. The molecule has 7 heteroatoms. The van der Waals surface area contributed by atoms with Gasteiger partial charge in [-0.2, -0.15) is 13.2 Å². The summed E-state index contributed by atoms with van der Waals surface area (Å²) in [5, 5.41) is 0. The molecule has 0 aliphatic carbocycles. The van der Waals surface area contributed by atoms with Crippen molar-refractivity contribution in [3.8, 4) is 34.0 Å². The van der Waals surface area contributed by atoms with Gasteiger partial charge in [-0.15, -0.1) is 0 Å². The summed E-state index contributed by atoms with van der Waals surface area (Å²) in [5.74, 6) is 1.19. The van der Waals surface area contributed by atoms with Crippen molar-refractivity contribution in [2.75, 3.05) is 14.2 Å². The molecular weight excluding hydrogens is 393 g/mol. The van der Waals surface area contributed by atoms with Gasteiger partial charge in [0.15, 0.2) is 0 Å². The third-order valence-electron chi connectivity index (χ3n) is 4.86. The van der Waals surface area contributed by atoms with Crippen molar-refractivity contribution in [3.63, 3.8) is 0 Å². The fourth-order valence-corrected chi connectivity index (χ4v) is 3.36. The zero-order valence-corrected chi connectivity index (χ0v) is 17.3. The first kappa shape index (κ1) is 21.6. The smallest absolute Gasteiger partial charge is 0.417 e. The highest BCUT2D eigenvalue weighted by molar-refractivity contribution is 5.74. The van der Waals surface area contributed by atoms with E-state index in [2.05, 4.69) is 4.98 Å². The van der Waals surface area contributed by atoms with Crippen molar-refractivity contribution in [1.82, 2.24) is 9.97 Å². The molecule has 3 rings (SSSR count). The highest BCUT2D eigenvalue weighted by atomic mass is 19.4.